The molecule has 0 spiro atoms. The summed E-state index contributed by atoms with van der Waals surface area (Å²) in [6, 6.07) is 12.6. The first-order valence-corrected chi connectivity index (χ1v) is 8.55. The molecule has 0 amide bonds. The molecule has 0 N–H and O–H groups in total. The summed E-state index contributed by atoms with van der Waals surface area (Å²) in [7, 11) is 0. The maximum absolute atomic E-state index is 13.8. The standard InChI is InChI=1S/C19H12F2N2OS/c20-15-5-3-12(4-6-15)17-10-23-19(24-17)25-11-14-9-16(21)8-13-2-1-7-22-18(13)14/h1-10H,11H2. The second kappa shape index (κ2) is 6.64. The average Bonchev–Trinajstić information content (AvgIpc) is 3.09. The summed E-state index contributed by atoms with van der Waals surface area (Å²) >= 11 is 1.36. The number of benzene rings is 2. The number of aromatic nitrogens is 2. The molecule has 4 aromatic rings. The Labute approximate surface area is 146 Å². The largest absolute Gasteiger partial charge is 0.431 e. The Morgan fingerprint density at radius 2 is 1.80 bits per heavy atom. The van der Waals surface area contributed by atoms with Crippen molar-refractivity contribution in [2.24, 2.45) is 0 Å². The Kier molecular flexibility index (Phi) is 4.19. The monoisotopic (exact) mass is 354 g/mol. The maximum atomic E-state index is 13.8. The van der Waals surface area contributed by atoms with Crippen molar-refractivity contribution in [1.29, 1.82) is 0 Å². The molecule has 0 atom stereocenters. The number of pyridine rings is 1. The number of fused-ring (bicyclic) bond motifs is 1. The van der Waals surface area contributed by atoms with Gasteiger partial charge in [-0.3, -0.25) is 4.98 Å². The molecule has 4 rings (SSSR count). The van der Waals surface area contributed by atoms with Crippen LogP contribution in [0.2, 0.25) is 0 Å². The quantitative estimate of drug-likeness (QED) is 0.456. The van der Waals surface area contributed by atoms with Gasteiger partial charge in [-0.05, 0) is 48.0 Å². The molecular formula is C19H12F2N2OS. The molecule has 0 aliphatic heterocycles. The molecule has 25 heavy (non-hydrogen) atoms. The van der Waals surface area contributed by atoms with Gasteiger partial charge in [-0.2, -0.15) is 0 Å². The normalized spacial score (nSPS) is 11.1. The lowest BCUT2D eigenvalue weighted by Crippen LogP contribution is -1.89. The van der Waals surface area contributed by atoms with Crippen molar-refractivity contribution in [2.45, 2.75) is 11.0 Å². The highest BCUT2D eigenvalue weighted by Crippen LogP contribution is 2.29. The van der Waals surface area contributed by atoms with Gasteiger partial charge in [-0.25, -0.2) is 13.8 Å². The molecule has 124 valence electrons. The molecule has 2 aromatic heterocycles. The van der Waals surface area contributed by atoms with Crippen molar-refractivity contribution in [3.63, 3.8) is 0 Å². The van der Waals surface area contributed by atoms with Gasteiger partial charge >= 0.3 is 0 Å². The summed E-state index contributed by atoms with van der Waals surface area (Å²) in [6.07, 6.45) is 3.28. The van der Waals surface area contributed by atoms with Crippen molar-refractivity contribution in [3.05, 3.63) is 78.1 Å². The van der Waals surface area contributed by atoms with Gasteiger partial charge in [-0.15, -0.1) is 0 Å². The molecule has 0 saturated carbocycles. The molecule has 0 saturated heterocycles. The van der Waals surface area contributed by atoms with Crippen LogP contribution in [0.3, 0.4) is 0 Å². The number of halogens is 2. The van der Waals surface area contributed by atoms with Crippen LogP contribution < -0.4 is 0 Å². The summed E-state index contributed by atoms with van der Waals surface area (Å²) in [5, 5.41) is 1.23. The minimum Gasteiger partial charge on any atom is -0.431 e. The lowest BCUT2D eigenvalue weighted by Gasteiger charge is -2.04. The van der Waals surface area contributed by atoms with Gasteiger partial charge in [-0.1, -0.05) is 17.8 Å². The zero-order chi connectivity index (χ0) is 17.2. The lowest BCUT2D eigenvalue weighted by molar-refractivity contribution is 0.466. The predicted molar refractivity (Wildman–Crippen MR) is 93.2 cm³/mol. The third kappa shape index (κ3) is 3.39. The number of hydrogen-bond acceptors (Lipinski definition) is 4. The van der Waals surface area contributed by atoms with Crippen LogP contribution in [0.4, 0.5) is 8.78 Å². The summed E-state index contributed by atoms with van der Waals surface area (Å²) in [6.45, 7) is 0. The third-order valence-electron chi connectivity index (χ3n) is 3.71. The number of thioether (sulfide) groups is 1. The van der Waals surface area contributed by atoms with Crippen molar-refractivity contribution in [3.8, 4) is 11.3 Å². The first-order valence-electron chi connectivity index (χ1n) is 7.57. The summed E-state index contributed by atoms with van der Waals surface area (Å²) in [5.41, 5.74) is 2.29. The predicted octanol–water partition coefficient (Wildman–Crippen LogP) is 5.46. The Hall–Kier alpha value is -2.73. The van der Waals surface area contributed by atoms with Crippen molar-refractivity contribution in [2.75, 3.05) is 0 Å². The SMILES string of the molecule is Fc1ccc(-c2cnc(SCc3cc(F)cc4cccnc34)o2)cc1. The highest BCUT2D eigenvalue weighted by Gasteiger charge is 2.10. The van der Waals surface area contributed by atoms with Crippen molar-refractivity contribution in [1.82, 2.24) is 9.97 Å². The molecule has 0 radical (unpaired) electrons. The van der Waals surface area contributed by atoms with E-state index in [1.807, 2.05) is 6.07 Å². The van der Waals surface area contributed by atoms with E-state index in [2.05, 4.69) is 9.97 Å². The smallest absolute Gasteiger partial charge is 0.256 e. The van der Waals surface area contributed by atoms with E-state index in [1.165, 1.54) is 36.0 Å². The van der Waals surface area contributed by atoms with E-state index in [-0.39, 0.29) is 11.6 Å². The van der Waals surface area contributed by atoms with E-state index in [0.717, 1.165) is 22.0 Å². The van der Waals surface area contributed by atoms with Crippen LogP contribution in [0.25, 0.3) is 22.2 Å². The lowest BCUT2D eigenvalue weighted by atomic mass is 10.1. The fourth-order valence-corrected chi connectivity index (χ4v) is 3.32. The first kappa shape index (κ1) is 15.8. The fraction of sp³-hybridized carbons (Fsp3) is 0.0526. The van der Waals surface area contributed by atoms with Gasteiger partial charge < -0.3 is 4.42 Å². The van der Waals surface area contributed by atoms with Crippen LogP contribution >= 0.6 is 11.8 Å². The summed E-state index contributed by atoms with van der Waals surface area (Å²) in [5.74, 6) is 0.442. The molecule has 0 aliphatic carbocycles. The Balaban J connectivity index is 1.55. The molecular weight excluding hydrogens is 342 g/mol. The van der Waals surface area contributed by atoms with E-state index < -0.39 is 0 Å². The van der Waals surface area contributed by atoms with Crippen LogP contribution in [0.5, 0.6) is 0 Å². The number of oxazole rings is 1. The Morgan fingerprint density at radius 1 is 0.960 bits per heavy atom. The zero-order valence-corrected chi connectivity index (χ0v) is 13.8. The molecule has 6 heteroatoms. The van der Waals surface area contributed by atoms with Gasteiger partial charge in [0.2, 0.25) is 0 Å². The molecule has 0 fully saturated rings. The molecule has 2 aromatic carbocycles. The van der Waals surface area contributed by atoms with E-state index >= 15 is 0 Å². The highest BCUT2D eigenvalue weighted by atomic mass is 32.2. The van der Waals surface area contributed by atoms with Crippen LogP contribution in [0.1, 0.15) is 5.56 Å². The van der Waals surface area contributed by atoms with Crippen LogP contribution in [0, 0.1) is 11.6 Å². The van der Waals surface area contributed by atoms with Crippen molar-refractivity contribution < 1.29 is 13.2 Å². The minimum absolute atomic E-state index is 0.296. The molecule has 3 nitrogen and oxygen atoms in total. The van der Waals surface area contributed by atoms with E-state index in [9.17, 15) is 8.78 Å². The van der Waals surface area contributed by atoms with Crippen LogP contribution in [0.15, 0.2) is 70.6 Å². The fourth-order valence-electron chi connectivity index (χ4n) is 2.55. The number of rotatable bonds is 4. The van der Waals surface area contributed by atoms with E-state index in [4.69, 9.17) is 4.42 Å². The first-order chi connectivity index (χ1) is 12.2. The van der Waals surface area contributed by atoms with E-state index in [0.29, 0.717) is 16.7 Å². The second-order valence-electron chi connectivity index (χ2n) is 5.43. The molecule has 0 aliphatic rings. The van der Waals surface area contributed by atoms with Gasteiger partial charge in [0.05, 0.1) is 11.7 Å². The zero-order valence-electron chi connectivity index (χ0n) is 12.9. The Bertz CT molecular complexity index is 1030. The summed E-state index contributed by atoms with van der Waals surface area (Å²) < 4.78 is 32.5. The Morgan fingerprint density at radius 3 is 2.64 bits per heavy atom. The van der Waals surface area contributed by atoms with Gasteiger partial charge in [0.25, 0.3) is 5.22 Å². The molecule has 0 bridgehead atoms. The van der Waals surface area contributed by atoms with Gasteiger partial charge in [0, 0.05) is 22.9 Å². The van der Waals surface area contributed by atoms with E-state index in [1.54, 1.807) is 30.6 Å². The third-order valence-corrected chi connectivity index (χ3v) is 4.60. The minimum atomic E-state index is -0.302. The van der Waals surface area contributed by atoms with Crippen molar-refractivity contribution >= 4 is 22.7 Å². The molecule has 2 heterocycles. The molecule has 0 unspecified atom stereocenters. The van der Waals surface area contributed by atoms with Crippen LogP contribution in [-0.2, 0) is 5.75 Å². The number of nitrogens with zero attached hydrogens (tertiary/aromatic N) is 2. The summed E-state index contributed by atoms with van der Waals surface area (Å²) in [4.78, 5) is 8.55. The average molecular weight is 354 g/mol. The number of hydrogen-bond donors (Lipinski definition) is 0. The van der Waals surface area contributed by atoms with Gasteiger partial charge in [0.1, 0.15) is 11.6 Å². The topological polar surface area (TPSA) is 38.9 Å². The maximum Gasteiger partial charge on any atom is 0.256 e. The highest BCUT2D eigenvalue weighted by molar-refractivity contribution is 7.98. The second-order valence-corrected chi connectivity index (χ2v) is 6.35. The van der Waals surface area contributed by atoms with Crippen LogP contribution in [-0.4, -0.2) is 9.97 Å². The van der Waals surface area contributed by atoms with Gasteiger partial charge in [0.15, 0.2) is 5.76 Å².